The summed E-state index contributed by atoms with van der Waals surface area (Å²) in [6.45, 7) is 17.2. The summed E-state index contributed by atoms with van der Waals surface area (Å²) in [6, 6.07) is 15.6. The van der Waals surface area contributed by atoms with Crippen LogP contribution in [0.5, 0.6) is 0 Å². The maximum Gasteiger partial charge on any atom is -0.00256 e. The molecule has 2 rings (SSSR count). The smallest absolute Gasteiger partial charge is 0.00256 e. The number of benzene rings is 2. The van der Waals surface area contributed by atoms with E-state index in [-0.39, 0.29) is 22.3 Å². The molecule has 0 heteroatoms. The van der Waals surface area contributed by atoms with Gasteiger partial charge in [0.15, 0.2) is 0 Å². The van der Waals surface area contributed by atoms with Gasteiger partial charge in [-0.25, -0.2) is 0 Å². The van der Waals surface area contributed by atoms with E-state index in [2.05, 4.69) is 84.0 Å². The van der Waals surface area contributed by atoms with Crippen molar-refractivity contribution in [1.29, 1.82) is 0 Å². The van der Waals surface area contributed by atoms with Crippen molar-refractivity contribution in [3.8, 4) is 0 Å². The number of hydrogen-bond acceptors (Lipinski definition) is 0. The fraction of sp³-hybridized carbons (Fsp3) is 0.556. The van der Waals surface area contributed by atoms with Gasteiger partial charge in [0, 0.05) is 0 Å². The third-order valence-corrected chi connectivity index (χ3v) is 4.10. The minimum Gasteiger partial charge on any atom is -0.0776 e. The number of rotatable bonds is 4. The predicted octanol–water partition coefficient (Wildman–Crippen LogP) is 9.44. The van der Waals surface area contributed by atoms with E-state index in [4.69, 9.17) is 0 Å². The van der Waals surface area contributed by atoms with Crippen LogP contribution in [0.3, 0.4) is 0 Å². The van der Waals surface area contributed by atoms with Crippen molar-refractivity contribution in [3.63, 3.8) is 0 Å². The molecule has 0 aliphatic rings. The highest BCUT2D eigenvalue weighted by Crippen LogP contribution is 2.16. The first-order valence-electron chi connectivity index (χ1n) is 9.60. The van der Waals surface area contributed by atoms with Crippen molar-refractivity contribution in [3.05, 3.63) is 70.3 Å². The van der Waals surface area contributed by atoms with E-state index in [1.165, 1.54) is 34.2 Å². The van der Waals surface area contributed by atoms with Gasteiger partial charge in [-0.15, -0.1) is 0 Å². The van der Waals surface area contributed by atoms with Crippen LogP contribution in [0.4, 0.5) is 0 Å². The Hall–Kier alpha value is -1.56. The molecule has 0 radical (unpaired) electrons. The summed E-state index contributed by atoms with van der Waals surface area (Å²) in [7, 11) is 0. The van der Waals surface area contributed by atoms with Crippen LogP contribution in [-0.2, 0) is 12.8 Å². The summed E-state index contributed by atoms with van der Waals surface area (Å²) in [5.41, 5.74) is 7.01. The van der Waals surface area contributed by atoms with Crippen LogP contribution >= 0.6 is 0 Å². The van der Waals surface area contributed by atoms with E-state index in [0.717, 1.165) is 18.8 Å². The molecule has 2 aromatic rings. The van der Waals surface area contributed by atoms with Crippen LogP contribution in [0.25, 0.3) is 0 Å². The normalized spacial score (nSPS) is 8.63. The summed E-state index contributed by atoms with van der Waals surface area (Å²) in [4.78, 5) is 0. The lowest BCUT2D eigenvalue weighted by atomic mass is 9.98. The SMILES string of the molecule is C.C.C.CC.CCC(C)C.CCc1ccc(Cc2cccc(C)c2)cc1C. The first-order chi connectivity index (χ1) is 11.5. The Labute approximate surface area is 173 Å². The quantitative estimate of drug-likeness (QED) is 0.500. The van der Waals surface area contributed by atoms with Gasteiger partial charge in [-0.05, 0) is 54.9 Å². The lowest BCUT2D eigenvalue weighted by molar-refractivity contribution is 0.626. The topological polar surface area (TPSA) is 0 Å². The van der Waals surface area contributed by atoms with Crippen molar-refractivity contribution in [2.24, 2.45) is 5.92 Å². The average molecular weight is 375 g/mol. The first-order valence-corrected chi connectivity index (χ1v) is 9.60. The van der Waals surface area contributed by atoms with E-state index >= 15 is 0 Å². The van der Waals surface area contributed by atoms with Gasteiger partial charge < -0.3 is 0 Å². The van der Waals surface area contributed by atoms with E-state index in [9.17, 15) is 0 Å². The zero-order chi connectivity index (χ0) is 18.5. The van der Waals surface area contributed by atoms with Crippen molar-refractivity contribution >= 4 is 0 Å². The van der Waals surface area contributed by atoms with Crippen LogP contribution < -0.4 is 0 Å². The van der Waals surface area contributed by atoms with Crippen LogP contribution in [0.2, 0.25) is 0 Å². The van der Waals surface area contributed by atoms with Gasteiger partial charge in [-0.3, -0.25) is 0 Å². The molecule has 0 aromatic heterocycles. The molecule has 0 fully saturated rings. The molecule has 0 heterocycles. The van der Waals surface area contributed by atoms with Crippen LogP contribution in [0.15, 0.2) is 42.5 Å². The summed E-state index contributed by atoms with van der Waals surface area (Å²) >= 11 is 0. The number of hydrogen-bond donors (Lipinski definition) is 0. The van der Waals surface area contributed by atoms with Gasteiger partial charge >= 0.3 is 0 Å². The lowest BCUT2D eigenvalue weighted by Gasteiger charge is -2.07. The second-order valence-electron chi connectivity index (χ2n) is 6.58. The predicted molar refractivity (Wildman–Crippen MR) is 131 cm³/mol. The second kappa shape index (κ2) is 19.2. The minimum absolute atomic E-state index is 0. The fourth-order valence-corrected chi connectivity index (χ4v) is 2.32. The largest absolute Gasteiger partial charge is 0.0776 e. The molecule has 0 amide bonds. The summed E-state index contributed by atoms with van der Waals surface area (Å²) in [5, 5.41) is 0. The van der Waals surface area contributed by atoms with E-state index in [1.54, 1.807) is 0 Å². The highest BCUT2D eigenvalue weighted by Gasteiger charge is 2.00. The Morgan fingerprint density at radius 3 is 1.70 bits per heavy atom. The molecule has 0 bridgehead atoms. The Balaban J connectivity index is -0.000000233. The monoisotopic (exact) mass is 374 g/mol. The van der Waals surface area contributed by atoms with E-state index in [0.29, 0.717) is 0 Å². The molecule has 0 saturated carbocycles. The molecule has 2 aromatic carbocycles. The molecule has 0 N–H and O–H groups in total. The molecule has 0 unspecified atom stereocenters. The minimum atomic E-state index is 0. The maximum atomic E-state index is 2.32. The Morgan fingerprint density at radius 1 is 0.778 bits per heavy atom. The van der Waals surface area contributed by atoms with Crippen molar-refractivity contribution in [1.82, 2.24) is 0 Å². The van der Waals surface area contributed by atoms with Crippen LogP contribution in [-0.4, -0.2) is 0 Å². The van der Waals surface area contributed by atoms with Crippen molar-refractivity contribution in [2.45, 2.75) is 96.9 Å². The molecular weight excluding hydrogens is 324 g/mol. The van der Waals surface area contributed by atoms with Crippen molar-refractivity contribution < 1.29 is 0 Å². The van der Waals surface area contributed by atoms with Gasteiger partial charge in [0.05, 0.1) is 0 Å². The molecule has 0 atom stereocenters. The van der Waals surface area contributed by atoms with Gasteiger partial charge in [-0.2, -0.15) is 0 Å². The van der Waals surface area contributed by atoms with Crippen LogP contribution in [0, 0.1) is 19.8 Å². The molecule has 0 aliphatic heterocycles. The Morgan fingerprint density at radius 2 is 1.30 bits per heavy atom. The van der Waals surface area contributed by atoms with Gasteiger partial charge in [0.1, 0.15) is 0 Å². The Bertz CT molecular complexity index is 564. The molecule has 0 spiro atoms. The summed E-state index contributed by atoms with van der Waals surface area (Å²) < 4.78 is 0. The summed E-state index contributed by atoms with van der Waals surface area (Å²) in [6.07, 6.45) is 3.46. The third-order valence-electron chi connectivity index (χ3n) is 4.10. The highest BCUT2D eigenvalue weighted by molar-refractivity contribution is 5.35. The molecular formula is C27H50. The highest BCUT2D eigenvalue weighted by atomic mass is 14.1. The maximum absolute atomic E-state index is 2.32. The van der Waals surface area contributed by atoms with Gasteiger partial charge in [0.2, 0.25) is 0 Å². The van der Waals surface area contributed by atoms with E-state index in [1.807, 2.05) is 13.8 Å². The molecule has 0 aliphatic carbocycles. The Kier molecular flexibility index (Phi) is 23.5. The van der Waals surface area contributed by atoms with Crippen LogP contribution in [0.1, 0.15) is 98.1 Å². The molecule has 0 saturated heterocycles. The molecule has 0 nitrogen and oxygen atoms in total. The third kappa shape index (κ3) is 14.2. The first kappa shape index (κ1) is 33.1. The molecule has 158 valence electrons. The average Bonchev–Trinajstić information content (AvgIpc) is 2.57. The zero-order valence-corrected chi connectivity index (χ0v) is 17.2. The van der Waals surface area contributed by atoms with Gasteiger partial charge in [0.25, 0.3) is 0 Å². The fourth-order valence-electron chi connectivity index (χ4n) is 2.32. The zero-order valence-electron chi connectivity index (χ0n) is 17.2. The number of aryl methyl sites for hydroxylation is 3. The second-order valence-corrected chi connectivity index (χ2v) is 6.58. The van der Waals surface area contributed by atoms with Crippen molar-refractivity contribution in [2.75, 3.05) is 0 Å². The standard InChI is InChI=1S/C17H20.C5H12.C2H6.3CH4/c1-4-17-9-8-16(11-14(17)3)12-15-7-5-6-13(2)10-15;1-4-5(2)3;1-2;;;/h5-11H,4,12H2,1-3H3;5H,4H2,1-3H3;1-2H3;3*1H4. The lowest BCUT2D eigenvalue weighted by Crippen LogP contribution is -1.92. The summed E-state index contributed by atoms with van der Waals surface area (Å²) in [5.74, 6) is 0.884. The molecule has 27 heavy (non-hydrogen) atoms. The van der Waals surface area contributed by atoms with Gasteiger partial charge in [-0.1, -0.05) is 118 Å². The van der Waals surface area contributed by atoms with E-state index < -0.39 is 0 Å².